The largest absolute Gasteiger partial charge is 0.496 e. The fraction of sp³-hybridized carbons (Fsp3) is 0.462. The topological polar surface area (TPSA) is 91.3 Å². The molecule has 0 bridgehead atoms. The molecule has 1 N–H and O–H groups in total. The molecule has 0 spiro atoms. The zero-order valence-corrected chi connectivity index (χ0v) is 20.9. The number of ether oxygens (including phenoxy) is 1. The van der Waals surface area contributed by atoms with Gasteiger partial charge in [-0.3, -0.25) is 9.69 Å². The van der Waals surface area contributed by atoms with Crippen molar-refractivity contribution in [3.05, 3.63) is 53.6 Å². The molecule has 0 saturated carbocycles. The third-order valence-corrected chi connectivity index (χ3v) is 8.48. The number of amidine groups is 1. The Balaban J connectivity index is 1.38. The van der Waals surface area contributed by atoms with Crippen molar-refractivity contribution >= 4 is 27.5 Å². The van der Waals surface area contributed by atoms with Crippen LogP contribution in [0.25, 0.3) is 0 Å². The number of para-hydroxylation sites is 1. The number of carbonyl (C=O) groups is 1. The second kappa shape index (κ2) is 9.99. The molecule has 186 valence electrons. The van der Waals surface area contributed by atoms with Gasteiger partial charge in [-0.1, -0.05) is 24.6 Å². The molecular formula is C26H32N4O4S. The lowest BCUT2D eigenvalue weighted by atomic mass is 10.0. The Morgan fingerprint density at radius 2 is 1.83 bits per heavy atom. The maximum Gasteiger partial charge on any atom is 0.286 e. The van der Waals surface area contributed by atoms with Gasteiger partial charge in [-0.15, -0.1) is 4.40 Å². The van der Waals surface area contributed by atoms with Gasteiger partial charge in [-0.25, -0.2) is 0 Å². The van der Waals surface area contributed by atoms with Crippen LogP contribution in [0.1, 0.15) is 60.5 Å². The number of methoxy groups -OCH3 is 1. The van der Waals surface area contributed by atoms with E-state index < -0.39 is 10.0 Å². The van der Waals surface area contributed by atoms with Crippen LogP contribution in [-0.4, -0.2) is 58.3 Å². The highest BCUT2D eigenvalue weighted by atomic mass is 32.2. The minimum absolute atomic E-state index is 0.0248. The Labute approximate surface area is 207 Å². The summed E-state index contributed by atoms with van der Waals surface area (Å²) in [6.45, 7) is 3.07. The minimum Gasteiger partial charge on any atom is -0.496 e. The standard InChI is InChI=1S/C26H32N4O4S/c1-34-23-10-5-4-9-20(23)22(29-14-7-8-15-29)18-27-26(31)19-12-13-21-24(17-19)35(32,33)28-25-11-3-2-6-16-30(21)25/h4-5,9-10,12-13,17,22H,2-3,6-8,11,14-16,18H2,1H3,(H,27,31). The van der Waals surface area contributed by atoms with E-state index in [1.165, 1.54) is 6.07 Å². The molecule has 2 saturated heterocycles. The molecule has 1 amide bonds. The van der Waals surface area contributed by atoms with E-state index in [0.717, 1.165) is 63.1 Å². The molecular weight excluding hydrogens is 464 g/mol. The summed E-state index contributed by atoms with van der Waals surface area (Å²) in [5.74, 6) is 1.11. The number of rotatable bonds is 6. The number of likely N-dealkylation sites (tertiary alicyclic amines) is 1. The van der Waals surface area contributed by atoms with Gasteiger partial charge in [-0.05, 0) is 63.0 Å². The van der Waals surface area contributed by atoms with Crippen LogP contribution in [0.15, 0.2) is 51.8 Å². The monoisotopic (exact) mass is 496 g/mol. The smallest absolute Gasteiger partial charge is 0.286 e. The van der Waals surface area contributed by atoms with Crippen LogP contribution >= 0.6 is 0 Å². The van der Waals surface area contributed by atoms with E-state index in [2.05, 4.69) is 14.6 Å². The summed E-state index contributed by atoms with van der Waals surface area (Å²) in [4.78, 5) is 17.6. The summed E-state index contributed by atoms with van der Waals surface area (Å²) in [5.41, 5.74) is 1.98. The van der Waals surface area contributed by atoms with Crippen molar-refractivity contribution in [2.45, 2.75) is 49.5 Å². The Morgan fingerprint density at radius 1 is 1.06 bits per heavy atom. The van der Waals surface area contributed by atoms with Crippen LogP contribution in [0.2, 0.25) is 0 Å². The molecule has 3 heterocycles. The van der Waals surface area contributed by atoms with Gasteiger partial charge in [0.1, 0.15) is 16.5 Å². The fourth-order valence-corrected chi connectivity index (χ4v) is 6.63. The second-order valence-corrected chi connectivity index (χ2v) is 10.9. The highest BCUT2D eigenvalue weighted by Gasteiger charge is 2.32. The Bertz CT molecular complexity index is 1240. The lowest BCUT2D eigenvalue weighted by Gasteiger charge is -2.30. The number of sulfonamides is 1. The lowest BCUT2D eigenvalue weighted by molar-refractivity contribution is 0.0937. The van der Waals surface area contributed by atoms with Gasteiger partial charge in [0.05, 0.1) is 18.8 Å². The molecule has 3 aliphatic heterocycles. The minimum atomic E-state index is -3.84. The number of amides is 1. The molecule has 3 aliphatic rings. The average molecular weight is 497 g/mol. The normalized spacial score (nSPS) is 20.3. The van der Waals surface area contributed by atoms with Crippen LogP contribution in [0.4, 0.5) is 5.69 Å². The number of benzene rings is 2. The van der Waals surface area contributed by atoms with E-state index in [9.17, 15) is 13.2 Å². The summed E-state index contributed by atoms with van der Waals surface area (Å²) in [6.07, 6.45) is 5.88. The molecule has 1 unspecified atom stereocenters. The second-order valence-electron chi connectivity index (χ2n) is 9.34. The maximum atomic E-state index is 13.2. The number of hydrogen-bond acceptors (Lipinski definition) is 6. The van der Waals surface area contributed by atoms with Crippen molar-refractivity contribution in [3.8, 4) is 5.75 Å². The molecule has 35 heavy (non-hydrogen) atoms. The molecule has 0 aromatic heterocycles. The van der Waals surface area contributed by atoms with Gasteiger partial charge >= 0.3 is 0 Å². The average Bonchev–Trinajstić information content (AvgIpc) is 3.30. The summed E-state index contributed by atoms with van der Waals surface area (Å²) in [5, 5.41) is 3.05. The predicted molar refractivity (Wildman–Crippen MR) is 136 cm³/mol. The third kappa shape index (κ3) is 4.79. The molecule has 0 aliphatic carbocycles. The van der Waals surface area contributed by atoms with Crippen LogP contribution in [0, 0.1) is 0 Å². The number of carbonyl (C=O) groups excluding carboxylic acids is 1. The first-order valence-corrected chi connectivity index (χ1v) is 13.8. The molecule has 8 nitrogen and oxygen atoms in total. The zero-order chi connectivity index (χ0) is 24.4. The van der Waals surface area contributed by atoms with Crippen molar-refractivity contribution in [2.75, 3.05) is 38.2 Å². The van der Waals surface area contributed by atoms with Crippen LogP contribution < -0.4 is 15.0 Å². The highest BCUT2D eigenvalue weighted by Crippen LogP contribution is 2.35. The Kier molecular flexibility index (Phi) is 6.80. The molecule has 0 radical (unpaired) electrons. The van der Waals surface area contributed by atoms with Gasteiger partial charge in [0.2, 0.25) is 0 Å². The SMILES string of the molecule is COc1ccccc1C(CNC(=O)c1ccc2c(c1)S(=O)(=O)N=C1CCCCCN12)N1CCCC1. The van der Waals surface area contributed by atoms with Gasteiger partial charge in [0.25, 0.3) is 15.9 Å². The number of nitrogens with zero attached hydrogens (tertiary/aromatic N) is 3. The van der Waals surface area contributed by atoms with Crippen molar-refractivity contribution < 1.29 is 17.9 Å². The molecule has 5 rings (SSSR count). The lowest BCUT2D eigenvalue weighted by Crippen LogP contribution is -2.37. The Morgan fingerprint density at radius 3 is 2.63 bits per heavy atom. The number of anilines is 1. The van der Waals surface area contributed by atoms with E-state index in [4.69, 9.17) is 4.74 Å². The maximum absolute atomic E-state index is 13.2. The first-order chi connectivity index (χ1) is 17.0. The molecule has 2 aromatic rings. The van der Waals surface area contributed by atoms with Gasteiger partial charge in [0, 0.05) is 30.6 Å². The van der Waals surface area contributed by atoms with E-state index >= 15 is 0 Å². The molecule has 9 heteroatoms. The summed E-state index contributed by atoms with van der Waals surface area (Å²) in [6, 6.07) is 12.8. The first-order valence-electron chi connectivity index (χ1n) is 12.4. The van der Waals surface area contributed by atoms with E-state index in [0.29, 0.717) is 30.1 Å². The van der Waals surface area contributed by atoms with Gasteiger partial charge < -0.3 is 15.0 Å². The van der Waals surface area contributed by atoms with Crippen molar-refractivity contribution in [3.63, 3.8) is 0 Å². The van der Waals surface area contributed by atoms with Crippen molar-refractivity contribution in [1.29, 1.82) is 0 Å². The van der Waals surface area contributed by atoms with Gasteiger partial charge in [-0.2, -0.15) is 8.42 Å². The number of fused-ring (bicyclic) bond motifs is 3. The van der Waals surface area contributed by atoms with Crippen LogP contribution in [0.5, 0.6) is 5.75 Å². The predicted octanol–water partition coefficient (Wildman–Crippen LogP) is 3.74. The number of hydrogen-bond donors (Lipinski definition) is 1. The van der Waals surface area contributed by atoms with Crippen LogP contribution in [-0.2, 0) is 10.0 Å². The van der Waals surface area contributed by atoms with E-state index in [1.807, 2.05) is 29.2 Å². The first kappa shape index (κ1) is 23.8. The molecule has 2 aromatic carbocycles. The zero-order valence-electron chi connectivity index (χ0n) is 20.1. The third-order valence-electron chi connectivity index (χ3n) is 7.15. The van der Waals surface area contributed by atoms with E-state index in [-0.39, 0.29) is 16.8 Å². The highest BCUT2D eigenvalue weighted by molar-refractivity contribution is 7.90. The quantitative estimate of drug-likeness (QED) is 0.655. The Hall–Kier alpha value is -2.91. The molecule has 2 fully saturated rings. The number of nitrogens with one attached hydrogen (secondary N) is 1. The van der Waals surface area contributed by atoms with E-state index in [1.54, 1.807) is 19.2 Å². The summed E-state index contributed by atoms with van der Waals surface area (Å²) >= 11 is 0. The van der Waals surface area contributed by atoms with Gasteiger partial charge in [0.15, 0.2) is 0 Å². The fourth-order valence-electron chi connectivity index (χ4n) is 5.34. The summed E-state index contributed by atoms with van der Waals surface area (Å²) in [7, 11) is -2.18. The van der Waals surface area contributed by atoms with Crippen molar-refractivity contribution in [2.24, 2.45) is 4.40 Å². The van der Waals surface area contributed by atoms with Crippen LogP contribution in [0.3, 0.4) is 0 Å². The summed E-state index contributed by atoms with van der Waals surface area (Å²) < 4.78 is 35.6. The molecule has 1 atom stereocenters. The van der Waals surface area contributed by atoms with Crippen molar-refractivity contribution in [1.82, 2.24) is 10.2 Å².